The van der Waals surface area contributed by atoms with Crippen LogP contribution in [0.1, 0.15) is 11.1 Å². The van der Waals surface area contributed by atoms with Crippen molar-refractivity contribution >= 4 is 28.9 Å². The Morgan fingerprint density at radius 2 is 1.57 bits per heavy atom. The van der Waals surface area contributed by atoms with E-state index in [1.54, 1.807) is 12.1 Å². The largest absolute Gasteiger partial charge is 0.465 e. The molecule has 2 rings (SSSR count). The van der Waals surface area contributed by atoms with Gasteiger partial charge in [-0.15, -0.1) is 0 Å². The van der Waals surface area contributed by atoms with Crippen molar-refractivity contribution in [2.24, 2.45) is 0 Å². The molecule has 0 heterocycles. The van der Waals surface area contributed by atoms with Crippen molar-refractivity contribution in [3.05, 3.63) is 77.4 Å². The number of benzene rings is 2. The average Bonchev–Trinajstić information content (AvgIpc) is 2.62. The average molecular weight is 322 g/mol. The molecule has 0 unspecified atom stereocenters. The number of esters is 1. The van der Waals surface area contributed by atoms with Gasteiger partial charge in [0.15, 0.2) is 5.57 Å². The highest BCUT2D eigenvalue weighted by molar-refractivity contribution is 7.80. The zero-order valence-corrected chi connectivity index (χ0v) is 13.3. The summed E-state index contributed by atoms with van der Waals surface area (Å²) in [5, 5.41) is 12.4. The summed E-state index contributed by atoms with van der Waals surface area (Å²) in [5.41, 5.74) is 1.66. The normalized spacial score (nSPS) is 11.0. The van der Waals surface area contributed by atoms with Gasteiger partial charge < -0.3 is 10.1 Å². The Bertz CT molecular complexity index is 778. The van der Waals surface area contributed by atoms with Gasteiger partial charge in [-0.25, -0.2) is 4.79 Å². The Morgan fingerprint density at radius 1 is 1.04 bits per heavy atom. The smallest absolute Gasteiger partial charge is 0.350 e. The highest BCUT2D eigenvalue weighted by Crippen LogP contribution is 2.18. The number of hydrogen-bond acceptors (Lipinski definition) is 4. The van der Waals surface area contributed by atoms with Crippen molar-refractivity contribution in [3.63, 3.8) is 0 Å². The molecule has 0 saturated carbocycles. The van der Waals surface area contributed by atoms with Crippen LogP contribution in [-0.4, -0.2) is 18.1 Å². The van der Waals surface area contributed by atoms with E-state index in [0.717, 1.165) is 5.56 Å². The van der Waals surface area contributed by atoms with Gasteiger partial charge in [0.05, 0.1) is 12.8 Å². The summed E-state index contributed by atoms with van der Waals surface area (Å²) in [6.07, 6.45) is 0. The zero-order valence-electron chi connectivity index (χ0n) is 12.4. The molecule has 0 fully saturated rings. The van der Waals surface area contributed by atoms with Crippen LogP contribution < -0.4 is 5.32 Å². The number of thiocarbonyl (C=S) groups is 1. The van der Waals surface area contributed by atoms with Gasteiger partial charge in [-0.3, -0.25) is 0 Å². The molecule has 114 valence electrons. The standard InChI is InChI=1S/C18H14N2O2S/c1-22-18(21)15(12-19)16(13-8-4-2-5-9-13)20-17(23)14-10-6-3-7-11-14/h2-11H,1H3,(H,20,23). The fourth-order valence-corrected chi connectivity index (χ4v) is 2.20. The lowest BCUT2D eigenvalue weighted by atomic mass is 10.1. The first kappa shape index (κ1) is 16.4. The van der Waals surface area contributed by atoms with E-state index in [9.17, 15) is 10.1 Å². The molecule has 1 N–H and O–H groups in total. The molecule has 0 saturated heterocycles. The van der Waals surface area contributed by atoms with Crippen LogP contribution in [0.3, 0.4) is 0 Å². The summed E-state index contributed by atoms with van der Waals surface area (Å²) >= 11 is 5.38. The zero-order chi connectivity index (χ0) is 16.7. The Balaban J connectivity index is 2.47. The first-order valence-electron chi connectivity index (χ1n) is 6.82. The summed E-state index contributed by atoms with van der Waals surface area (Å²) in [6.45, 7) is 0. The minimum Gasteiger partial charge on any atom is -0.465 e. The molecule has 0 aliphatic carbocycles. The van der Waals surface area contributed by atoms with Crippen LogP contribution in [0.2, 0.25) is 0 Å². The number of methoxy groups -OCH3 is 1. The second-order valence-corrected chi connectivity index (χ2v) is 4.95. The predicted molar refractivity (Wildman–Crippen MR) is 92.3 cm³/mol. The monoisotopic (exact) mass is 322 g/mol. The first-order chi connectivity index (χ1) is 11.2. The van der Waals surface area contributed by atoms with Crippen molar-refractivity contribution in [1.82, 2.24) is 5.32 Å². The van der Waals surface area contributed by atoms with Crippen LogP contribution in [0.25, 0.3) is 5.70 Å². The van der Waals surface area contributed by atoms with Crippen molar-refractivity contribution in [2.45, 2.75) is 0 Å². The lowest BCUT2D eigenvalue weighted by Gasteiger charge is -2.14. The molecule has 0 bridgehead atoms. The maximum atomic E-state index is 11.9. The van der Waals surface area contributed by atoms with Crippen molar-refractivity contribution < 1.29 is 9.53 Å². The molecule has 0 radical (unpaired) electrons. The van der Waals surface area contributed by atoms with Gasteiger partial charge in [0.2, 0.25) is 0 Å². The van der Waals surface area contributed by atoms with Crippen LogP contribution in [0.15, 0.2) is 66.2 Å². The van der Waals surface area contributed by atoms with Crippen LogP contribution in [-0.2, 0) is 9.53 Å². The maximum absolute atomic E-state index is 11.9. The minimum absolute atomic E-state index is 0.128. The topological polar surface area (TPSA) is 62.1 Å². The van der Waals surface area contributed by atoms with Crippen LogP contribution >= 0.6 is 12.2 Å². The third kappa shape index (κ3) is 4.02. The predicted octanol–water partition coefficient (Wildman–Crippen LogP) is 3.06. The summed E-state index contributed by atoms with van der Waals surface area (Å²) in [6, 6.07) is 20.3. The van der Waals surface area contributed by atoms with E-state index in [1.165, 1.54) is 7.11 Å². The van der Waals surface area contributed by atoms with E-state index >= 15 is 0 Å². The van der Waals surface area contributed by atoms with Gasteiger partial charge in [-0.05, 0) is 5.56 Å². The molecule has 23 heavy (non-hydrogen) atoms. The minimum atomic E-state index is -0.713. The van der Waals surface area contributed by atoms with E-state index in [0.29, 0.717) is 16.2 Å². The third-order valence-electron chi connectivity index (χ3n) is 3.09. The molecular weight excluding hydrogens is 308 g/mol. The van der Waals surface area contributed by atoms with Gasteiger partial charge in [-0.2, -0.15) is 5.26 Å². The van der Waals surface area contributed by atoms with Gasteiger partial charge >= 0.3 is 5.97 Å². The van der Waals surface area contributed by atoms with Gasteiger partial charge in [-0.1, -0.05) is 72.9 Å². The first-order valence-corrected chi connectivity index (χ1v) is 7.22. The molecule has 2 aromatic carbocycles. The number of nitrogens with one attached hydrogen (secondary N) is 1. The lowest BCUT2D eigenvalue weighted by Crippen LogP contribution is -2.24. The highest BCUT2D eigenvalue weighted by atomic mass is 32.1. The van der Waals surface area contributed by atoms with Crippen molar-refractivity contribution in [1.29, 1.82) is 5.26 Å². The van der Waals surface area contributed by atoms with Gasteiger partial charge in [0, 0.05) is 5.56 Å². The molecule has 0 spiro atoms. The van der Waals surface area contributed by atoms with Gasteiger partial charge in [0.25, 0.3) is 0 Å². The number of hydrogen-bond donors (Lipinski definition) is 1. The SMILES string of the molecule is COC(=O)C(C#N)=C(NC(=S)c1ccccc1)c1ccccc1. The number of carbonyl (C=O) groups is 1. The number of nitrogens with zero attached hydrogens (tertiary/aromatic N) is 1. The Morgan fingerprint density at radius 3 is 2.04 bits per heavy atom. The second-order valence-electron chi connectivity index (χ2n) is 4.54. The van der Waals surface area contributed by atoms with E-state index in [2.05, 4.69) is 5.32 Å². The van der Waals surface area contributed by atoms with Crippen molar-refractivity contribution in [2.75, 3.05) is 7.11 Å². The summed E-state index contributed by atoms with van der Waals surface area (Å²) < 4.78 is 4.69. The molecule has 4 nitrogen and oxygen atoms in total. The summed E-state index contributed by atoms with van der Waals surface area (Å²) in [5.74, 6) is -0.713. The number of carbonyl (C=O) groups excluding carboxylic acids is 1. The highest BCUT2D eigenvalue weighted by Gasteiger charge is 2.18. The van der Waals surface area contributed by atoms with Crippen molar-refractivity contribution in [3.8, 4) is 6.07 Å². The summed E-state index contributed by atoms with van der Waals surface area (Å²) in [7, 11) is 1.23. The van der Waals surface area contributed by atoms with E-state index < -0.39 is 5.97 Å². The maximum Gasteiger partial charge on any atom is 0.350 e. The number of nitriles is 1. The number of ether oxygens (including phenoxy) is 1. The fourth-order valence-electron chi connectivity index (χ4n) is 1.96. The van der Waals surface area contributed by atoms with Crippen LogP contribution in [0.5, 0.6) is 0 Å². The van der Waals surface area contributed by atoms with E-state index in [-0.39, 0.29) is 5.57 Å². The Hall–Kier alpha value is -2.97. The van der Waals surface area contributed by atoms with Crippen LogP contribution in [0, 0.1) is 11.3 Å². The van der Waals surface area contributed by atoms with E-state index in [4.69, 9.17) is 17.0 Å². The third-order valence-corrected chi connectivity index (χ3v) is 3.43. The Labute approximate surface area is 140 Å². The molecule has 0 atom stereocenters. The quantitative estimate of drug-likeness (QED) is 0.406. The Kier molecular flexibility index (Phi) is 5.61. The second kappa shape index (κ2) is 7.87. The molecule has 2 aromatic rings. The summed E-state index contributed by atoms with van der Waals surface area (Å²) in [4.78, 5) is 12.3. The molecule has 0 aromatic heterocycles. The fraction of sp³-hybridized carbons (Fsp3) is 0.0556. The molecular formula is C18H14N2O2S. The molecule has 0 aliphatic rings. The van der Waals surface area contributed by atoms with Crippen LogP contribution in [0.4, 0.5) is 0 Å². The molecule has 5 heteroatoms. The number of rotatable bonds is 4. The molecule has 0 amide bonds. The lowest BCUT2D eigenvalue weighted by molar-refractivity contribution is -0.135. The van der Waals surface area contributed by atoms with E-state index in [1.807, 2.05) is 54.6 Å². The molecule has 0 aliphatic heterocycles. The van der Waals surface area contributed by atoms with Gasteiger partial charge in [0.1, 0.15) is 11.1 Å².